The Balaban J connectivity index is 1.96. The summed E-state index contributed by atoms with van der Waals surface area (Å²) in [6.07, 6.45) is -0.333. The first-order valence-electron chi connectivity index (χ1n) is 8.58. The molecule has 1 aliphatic rings. The average molecular weight is 362 g/mol. The van der Waals surface area contributed by atoms with E-state index in [-0.39, 0.29) is 17.6 Å². The fourth-order valence-corrected chi connectivity index (χ4v) is 3.88. The Bertz CT molecular complexity index is 778. The molecule has 0 spiro atoms. The molecule has 2 heterocycles. The molecule has 1 amide bonds. The summed E-state index contributed by atoms with van der Waals surface area (Å²) in [6.45, 7) is 10.0. The Morgan fingerprint density at radius 3 is 2.80 bits per heavy atom. The first kappa shape index (κ1) is 18.1. The van der Waals surface area contributed by atoms with Gasteiger partial charge < -0.3 is 14.7 Å². The van der Waals surface area contributed by atoms with Crippen molar-refractivity contribution in [3.63, 3.8) is 0 Å². The summed E-state index contributed by atoms with van der Waals surface area (Å²) in [6, 6.07) is 5.85. The molecule has 0 saturated carbocycles. The number of carbonyl (C=O) groups is 1. The van der Waals surface area contributed by atoms with Crippen LogP contribution in [0, 0.1) is 5.41 Å². The normalized spacial score (nSPS) is 23.7. The number of likely N-dealkylation sites (tertiary alicyclic amines) is 1. The van der Waals surface area contributed by atoms with Crippen LogP contribution in [0.3, 0.4) is 0 Å². The summed E-state index contributed by atoms with van der Waals surface area (Å²) in [5.41, 5.74) is 2.79. The van der Waals surface area contributed by atoms with Crippen LogP contribution in [0.15, 0.2) is 23.7 Å². The largest absolute Gasteiger partial charge is 0.444 e. The number of aliphatic hydroxyl groups excluding tert-OH is 1. The molecular formula is C19H26N2O3S. The van der Waals surface area contributed by atoms with Gasteiger partial charge in [0.25, 0.3) is 0 Å². The van der Waals surface area contributed by atoms with Gasteiger partial charge in [-0.3, -0.25) is 0 Å². The van der Waals surface area contributed by atoms with Crippen LogP contribution < -0.4 is 0 Å². The van der Waals surface area contributed by atoms with E-state index in [1.807, 2.05) is 58.3 Å². The minimum atomic E-state index is -0.555. The molecule has 0 bridgehead atoms. The van der Waals surface area contributed by atoms with Gasteiger partial charge in [-0.2, -0.15) is 0 Å². The van der Waals surface area contributed by atoms with Crippen LogP contribution in [0.25, 0.3) is 10.2 Å². The lowest BCUT2D eigenvalue weighted by atomic mass is 9.77. The molecule has 1 unspecified atom stereocenters. The summed E-state index contributed by atoms with van der Waals surface area (Å²) >= 11 is 1.59. The lowest BCUT2D eigenvalue weighted by molar-refractivity contribution is -0.0615. The fraction of sp³-hybridized carbons (Fsp3) is 0.579. The van der Waals surface area contributed by atoms with Gasteiger partial charge in [0.15, 0.2) is 0 Å². The molecule has 1 aromatic heterocycles. The van der Waals surface area contributed by atoms with Gasteiger partial charge in [-0.25, -0.2) is 9.78 Å². The van der Waals surface area contributed by atoms with Crippen molar-refractivity contribution in [3.05, 3.63) is 29.3 Å². The predicted octanol–water partition coefficient (Wildman–Crippen LogP) is 4.37. The number of piperidine rings is 1. The molecule has 1 aliphatic heterocycles. The maximum Gasteiger partial charge on any atom is 0.410 e. The first-order valence-corrected chi connectivity index (χ1v) is 9.46. The van der Waals surface area contributed by atoms with Crippen molar-refractivity contribution in [2.24, 2.45) is 5.41 Å². The number of aromatic nitrogens is 1. The van der Waals surface area contributed by atoms with Crippen molar-refractivity contribution in [1.29, 1.82) is 0 Å². The minimum absolute atomic E-state index is 0.219. The number of rotatable bonds is 1. The van der Waals surface area contributed by atoms with E-state index in [0.717, 1.165) is 15.8 Å². The van der Waals surface area contributed by atoms with E-state index in [4.69, 9.17) is 4.74 Å². The van der Waals surface area contributed by atoms with E-state index in [9.17, 15) is 9.90 Å². The highest BCUT2D eigenvalue weighted by Crippen LogP contribution is 2.41. The number of aliphatic hydroxyl groups is 1. The number of hydrogen-bond donors (Lipinski definition) is 1. The van der Waals surface area contributed by atoms with Crippen LogP contribution in [0.5, 0.6) is 0 Å². The van der Waals surface area contributed by atoms with Crippen molar-refractivity contribution in [2.75, 3.05) is 6.54 Å². The van der Waals surface area contributed by atoms with Crippen LogP contribution in [0.1, 0.15) is 52.6 Å². The third-order valence-corrected chi connectivity index (χ3v) is 5.48. The number of carbonyl (C=O) groups excluding carboxylic acids is 1. The fourth-order valence-electron chi connectivity index (χ4n) is 3.22. The van der Waals surface area contributed by atoms with E-state index in [0.29, 0.717) is 13.0 Å². The number of amides is 1. The van der Waals surface area contributed by atoms with E-state index >= 15 is 0 Å². The maximum atomic E-state index is 12.8. The molecule has 136 valence electrons. The van der Waals surface area contributed by atoms with E-state index < -0.39 is 11.7 Å². The lowest BCUT2D eigenvalue weighted by Gasteiger charge is -2.46. The van der Waals surface area contributed by atoms with Crippen LogP contribution in [0.4, 0.5) is 4.79 Å². The highest BCUT2D eigenvalue weighted by Gasteiger charge is 2.43. The van der Waals surface area contributed by atoms with Gasteiger partial charge in [-0.05, 0) is 44.9 Å². The topological polar surface area (TPSA) is 62.7 Å². The lowest BCUT2D eigenvalue weighted by Crippen LogP contribution is -2.53. The van der Waals surface area contributed by atoms with Gasteiger partial charge in [0.1, 0.15) is 5.60 Å². The van der Waals surface area contributed by atoms with Gasteiger partial charge in [0.2, 0.25) is 0 Å². The van der Waals surface area contributed by atoms with Crippen LogP contribution >= 0.6 is 11.3 Å². The predicted molar refractivity (Wildman–Crippen MR) is 99.7 cm³/mol. The zero-order chi connectivity index (χ0) is 18.4. The summed E-state index contributed by atoms with van der Waals surface area (Å²) < 4.78 is 6.74. The van der Waals surface area contributed by atoms with Gasteiger partial charge in [0, 0.05) is 12.0 Å². The van der Waals surface area contributed by atoms with Gasteiger partial charge in [0.05, 0.1) is 27.9 Å². The second-order valence-electron chi connectivity index (χ2n) is 8.44. The highest BCUT2D eigenvalue weighted by molar-refractivity contribution is 7.16. The average Bonchev–Trinajstić information content (AvgIpc) is 2.95. The molecule has 2 atom stereocenters. The molecule has 1 saturated heterocycles. The molecule has 1 N–H and O–H groups in total. The molecule has 1 fully saturated rings. The van der Waals surface area contributed by atoms with Crippen LogP contribution in [0.2, 0.25) is 0 Å². The number of thiazole rings is 1. The van der Waals surface area contributed by atoms with Crippen LogP contribution in [-0.2, 0) is 4.74 Å². The quantitative estimate of drug-likeness (QED) is 0.818. The number of fused-ring (bicyclic) bond motifs is 1. The van der Waals surface area contributed by atoms with E-state index in [2.05, 4.69) is 4.98 Å². The summed E-state index contributed by atoms with van der Waals surface area (Å²) in [7, 11) is 0. The molecule has 0 aliphatic carbocycles. The van der Waals surface area contributed by atoms with Crippen molar-refractivity contribution < 1.29 is 14.6 Å². The van der Waals surface area contributed by atoms with Gasteiger partial charge >= 0.3 is 6.09 Å². The Morgan fingerprint density at radius 2 is 2.12 bits per heavy atom. The molecule has 6 heteroatoms. The second-order valence-corrected chi connectivity index (χ2v) is 9.33. The second kappa shape index (κ2) is 6.25. The van der Waals surface area contributed by atoms with Gasteiger partial charge in [-0.15, -0.1) is 11.3 Å². The number of benzene rings is 1. The first-order chi connectivity index (χ1) is 11.6. The van der Waals surface area contributed by atoms with Crippen LogP contribution in [-0.4, -0.2) is 39.3 Å². The molecule has 3 rings (SSSR count). The monoisotopic (exact) mass is 362 g/mol. The Hall–Kier alpha value is -1.66. The molecule has 2 aromatic rings. The van der Waals surface area contributed by atoms with E-state index in [1.165, 1.54) is 0 Å². The van der Waals surface area contributed by atoms with Crippen molar-refractivity contribution in [1.82, 2.24) is 9.88 Å². The number of nitrogens with zero attached hydrogens (tertiary/aromatic N) is 2. The van der Waals surface area contributed by atoms with Gasteiger partial charge in [-0.1, -0.05) is 19.9 Å². The standard InChI is InChI=1S/C19H26N2O3S/c1-18(2,3)24-17(23)21-10-19(4,5)16(22)9-14(21)12-6-7-15-13(8-12)20-11-25-15/h6-8,11,14,16,22H,9-10H2,1-5H3/t14-,16?/m0/s1. The number of hydrogen-bond acceptors (Lipinski definition) is 5. The Morgan fingerprint density at radius 1 is 1.40 bits per heavy atom. The molecule has 25 heavy (non-hydrogen) atoms. The maximum absolute atomic E-state index is 12.8. The van der Waals surface area contributed by atoms with E-state index in [1.54, 1.807) is 16.2 Å². The zero-order valence-corrected chi connectivity index (χ0v) is 16.3. The third kappa shape index (κ3) is 3.80. The highest BCUT2D eigenvalue weighted by atomic mass is 32.1. The molecular weight excluding hydrogens is 336 g/mol. The number of ether oxygens (including phenoxy) is 1. The Kier molecular flexibility index (Phi) is 4.54. The Labute approximate surface area is 152 Å². The molecule has 0 radical (unpaired) electrons. The van der Waals surface area contributed by atoms with Crippen molar-refractivity contribution in [2.45, 2.75) is 58.8 Å². The molecule has 1 aromatic carbocycles. The SMILES string of the molecule is CC(C)(C)OC(=O)N1CC(C)(C)C(O)C[C@H]1c1ccc2scnc2c1. The summed E-state index contributed by atoms with van der Waals surface area (Å²) in [5, 5.41) is 10.6. The van der Waals surface area contributed by atoms with Crippen molar-refractivity contribution in [3.8, 4) is 0 Å². The smallest absolute Gasteiger partial charge is 0.410 e. The third-order valence-electron chi connectivity index (χ3n) is 4.67. The van der Waals surface area contributed by atoms with Crippen molar-refractivity contribution >= 4 is 27.6 Å². The molecule has 5 nitrogen and oxygen atoms in total. The zero-order valence-electron chi connectivity index (χ0n) is 15.4. The minimum Gasteiger partial charge on any atom is -0.444 e. The summed E-state index contributed by atoms with van der Waals surface area (Å²) in [5.74, 6) is 0. The summed E-state index contributed by atoms with van der Waals surface area (Å²) in [4.78, 5) is 18.9.